The third-order valence-electron chi connectivity index (χ3n) is 5.57. The fourth-order valence-corrected chi connectivity index (χ4v) is 4.10. The van der Waals surface area contributed by atoms with Crippen LogP contribution >= 0.6 is 11.6 Å². The van der Waals surface area contributed by atoms with E-state index in [0.717, 1.165) is 12.1 Å². The van der Waals surface area contributed by atoms with Crippen molar-refractivity contribution in [2.24, 2.45) is 0 Å². The van der Waals surface area contributed by atoms with Gasteiger partial charge in [0.2, 0.25) is 11.8 Å². The van der Waals surface area contributed by atoms with Gasteiger partial charge >= 0.3 is 0 Å². The summed E-state index contributed by atoms with van der Waals surface area (Å²) >= 11 is 5.87. The van der Waals surface area contributed by atoms with Crippen molar-refractivity contribution in [3.63, 3.8) is 0 Å². The molecular weight excluding hydrogens is 432 g/mol. The molecule has 0 aliphatic carbocycles. The van der Waals surface area contributed by atoms with Crippen molar-refractivity contribution < 1.29 is 19.1 Å². The predicted molar refractivity (Wildman–Crippen MR) is 123 cm³/mol. The van der Waals surface area contributed by atoms with Gasteiger partial charge in [0.1, 0.15) is 6.61 Å². The van der Waals surface area contributed by atoms with Gasteiger partial charge in [-0.1, -0.05) is 11.6 Å². The number of carbonyl (C=O) groups excluding carboxylic acids is 3. The first-order valence-corrected chi connectivity index (χ1v) is 11.0. The normalized spacial score (nSPS) is 19.1. The SMILES string of the molecule is O=C(CN1CCCC1C(=O)Nc1ccc(N2CCOCC2=O)cc1)Nc1ccc(Cl)cc1. The fourth-order valence-electron chi connectivity index (χ4n) is 3.97. The Balaban J connectivity index is 1.32. The molecule has 1 unspecified atom stereocenters. The second-order valence-electron chi connectivity index (χ2n) is 7.82. The first kappa shape index (κ1) is 22.3. The highest BCUT2D eigenvalue weighted by Gasteiger charge is 2.32. The topological polar surface area (TPSA) is 91.0 Å². The van der Waals surface area contributed by atoms with E-state index in [0.29, 0.717) is 42.5 Å². The maximum absolute atomic E-state index is 12.9. The predicted octanol–water partition coefficient (Wildman–Crippen LogP) is 2.74. The van der Waals surface area contributed by atoms with E-state index in [-0.39, 0.29) is 36.9 Å². The summed E-state index contributed by atoms with van der Waals surface area (Å²) in [5, 5.41) is 6.36. The number of anilines is 3. The number of rotatable bonds is 6. The number of hydrogen-bond acceptors (Lipinski definition) is 5. The molecule has 8 nitrogen and oxygen atoms in total. The number of halogens is 1. The van der Waals surface area contributed by atoms with E-state index in [9.17, 15) is 14.4 Å². The molecule has 168 valence electrons. The minimum absolute atomic E-state index is 0.0773. The number of nitrogens with zero attached hydrogens (tertiary/aromatic N) is 2. The van der Waals surface area contributed by atoms with E-state index in [1.54, 1.807) is 41.3 Å². The second-order valence-corrected chi connectivity index (χ2v) is 8.25. The number of ether oxygens (including phenoxy) is 1. The van der Waals surface area contributed by atoms with Gasteiger partial charge in [0.15, 0.2) is 0 Å². The van der Waals surface area contributed by atoms with Crippen molar-refractivity contribution in [1.29, 1.82) is 0 Å². The van der Waals surface area contributed by atoms with Crippen LogP contribution in [0.1, 0.15) is 12.8 Å². The molecule has 32 heavy (non-hydrogen) atoms. The maximum atomic E-state index is 12.9. The molecule has 0 bridgehead atoms. The third-order valence-corrected chi connectivity index (χ3v) is 5.83. The Kier molecular flexibility index (Phi) is 7.04. The molecule has 4 rings (SSSR count). The molecule has 2 aromatic carbocycles. The maximum Gasteiger partial charge on any atom is 0.253 e. The van der Waals surface area contributed by atoms with Gasteiger partial charge in [-0.15, -0.1) is 0 Å². The molecule has 2 aliphatic heterocycles. The summed E-state index contributed by atoms with van der Waals surface area (Å²) in [5.74, 6) is -0.393. The lowest BCUT2D eigenvalue weighted by atomic mass is 10.2. The van der Waals surface area contributed by atoms with E-state index in [4.69, 9.17) is 16.3 Å². The molecule has 3 amide bonds. The van der Waals surface area contributed by atoms with Crippen LogP contribution in [0.25, 0.3) is 0 Å². The number of benzene rings is 2. The number of hydrogen-bond donors (Lipinski definition) is 2. The second kappa shape index (κ2) is 10.1. The molecule has 0 saturated carbocycles. The summed E-state index contributed by atoms with van der Waals surface area (Å²) in [6.45, 7) is 1.93. The van der Waals surface area contributed by atoms with Crippen molar-refractivity contribution in [2.45, 2.75) is 18.9 Å². The van der Waals surface area contributed by atoms with Gasteiger partial charge in [-0.2, -0.15) is 0 Å². The summed E-state index contributed by atoms with van der Waals surface area (Å²) in [6.07, 6.45) is 1.55. The van der Waals surface area contributed by atoms with E-state index in [1.807, 2.05) is 17.0 Å². The summed E-state index contributed by atoms with van der Waals surface area (Å²) in [6, 6.07) is 13.7. The molecule has 2 aliphatic rings. The smallest absolute Gasteiger partial charge is 0.253 e. The van der Waals surface area contributed by atoms with E-state index in [1.165, 1.54) is 0 Å². The summed E-state index contributed by atoms with van der Waals surface area (Å²) < 4.78 is 5.16. The van der Waals surface area contributed by atoms with Gasteiger partial charge < -0.3 is 20.3 Å². The number of carbonyl (C=O) groups is 3. The zero-order valence-corrected chi connectivity index (χ0v) is 18.3. The van der Waals surface area contributed by atoms with Gasteiger partial charge in [0.05, 0.1) is 19.2 Å². The van der Waals surface area contributed by atoms with Crippen LogP contribution in [0.2, 0.25) is 5.02 Å². The number of amides is 3. The zero-order chi connectivity index (χ0) is 22.5. The molecule has 2 saturated heterocycles. The molecule has 0 spiro atoms. The Hall–Kier alpha value is -2.94. The average molecular weight is 457 g/mol. The van der Waals surface area contributed by atoms with Crippen LogP contribution in [0.15, 0.2) is 48.5 Å². The van der Waals surface area contributed by atoms with Crippen molar-refractivity contribution in [3.8, 4) is 0 Å². The van der Waals surface area contributed by atoms with E-state index in [2.05, 4.69) is 10.6 Å². The van der Waals surface area contributed by atoms with Gasteiger partial charge in [0, 0.05) is 28.6 Å². The first-order valence-electron chi connectivity index (χ1n) is 10.6. The highest BCUT2D eigenvalue weighted by molar-refractivity contribution is 6.30. The largest absolute Gasteiger partial charge is 0.370 e. The molecule has 2 fully saturated rings. The van der Waals surface area contributed by atoms with Crippen LogP contribution in [-0.2, 0) is 19.1 Å². The fraction of sp³-hybridized carbons (Fsp3) is 0.348. The average Bonchev–Trinajstić information content (AvgIpc) is 3.24. The first-order chi connectivity index (χ1) is 15.5. The summed E-state index contributed by atoms with van der Waals surface area (Å²) in [4.78, 5) is 40.8. The lowest BCUT2D eigenvalue weighted by molar-refractivity contribution is -0.126. The third kappa shape index (κ3) is 5.45. The van der Waals surface area contributed by atoms with Crippen LogP contribution < -0.4 is 15.5 Å². The monoisotopic (exact) mass is 456 g/mol. The lowest BCUT2D eigenvalue weighted by Crippen LogP contribution is -2.43. The van der Waals surface area contributed by atoms with Gasteiger partial charge in [-0.3, -0.25) is 19.3 Å². The Morgan fingerprint density at radius 1 is 1.00 bits per heavy atom. The molecule has 2 aromatic rings. The van der Waals surface area contributed by atoms with Crippen LogP contribution in [-0.4, -0.2) is 61.5 Å². The quantitative estimate of drug-likeness (QED) is 0.697. The van der Waals surface area contributed by atoms with Crippen LogP contribution in [0.4, 0.5) is 17.1 Å². The van der Waals surface area contributed by atoms with Crippen molar-refractivity contribution >= 4 is 46.4 Å². The molecule has 1 atom stereocenters. The lowest BCUT2D eigenvalue weighted by Gasteiger charge is -2.27. The van der Waals surface area contributed by atoms with Gasteiger partial charge in [-0.25, -0.2) is 0 Å². The Labute approximate surface area is 191 Å². The van der Waals surface area contributed by atoms with Crippen molar-refractivity contribution in [1.82, 2.24) is 4.90 Å². The number of likely N-dealkylation sites (tertiary alicyclic amines) is 1. The Morgan fingerprint density at radius 3 is 2.41 bits per heavy atom. The van der Waals surface area contributed by atoms with Crippen LogP contribution in [0, 0.1) is 0 Å². The Morgan fingerprint density at radius 2 is 1.69 bits per heavy atom. The van der Waals surface area contributed by atoms with Crippen LogP contribution in [0.3, 0.4) is 0 Å². The van der Waals surface area contributed by atoms with Gasteiger partial charge in [0.25, 0.3) is 5.91 Å². The molecule has 2 N–H and O–H groups in total. The highest BCUT2D eigenvalue weighted by atomic mass is 35.5. The van der Waals surface area contributed by atoms with Gasteiger partial charge in [-0.05, 0) is 67.9 Å². The highest BCUT2D eigenvalue weighted by Crippen LogP contribution is 2.22. The number of nitrogens with one attached hydrogen (secondary N) is 2. The molecule has 0 aromatic heterocycles. The number of morpholine rings is 1. The molecule has 2 heterocycles. The molecule has 0 radical (unpaired) electrons. The van der Waals surface area contributed by atoms with E-state index >= 15 is 0 Å². The molecular formula is C23H25ClN4O4. The van der Waals surface area contributed by atoms with Crippen molar-refractivity contribution in [2.75, 3.05) is 48.4 Å². The van der Waals surface area contributed by atoms with Crippen LogP contribution in [0.5, 0.6) is 0 Å². The summed E-state index contributed by atoms with van der Waals surface area (Å²) in [7, 11) is 0. The Bertz CT molecular complexity index is 980. The zero-order valence-electron chi connectivity index (χ0n) is 17.6. The standard InChI is InChI=1S/C23H25ClN4O4/c24-16-3-5-17(6-4-16)25-21(29)14-27-11-1-2-20(27)23(31)26-18-7-9-19(10-8-18)28-12-13-32-15-22(28)30/h3-10,20H,1-2,11-15H2,(H,25,29)(H,26,31). The van der Waals surface area contributed by atoms with Crippen molar-refractivity contribution in [3.05, 3.63) is 53.6 Å². The summed E-state index contributed by atoms with van der Waals surface area (Å²) in [5.41, 5.74) is 2.09. The molecule has 9 heteroatoms. The minimum atomic E-state index is -0.369. The van der Waals surface area contributed by atoms with E-state index < -0.39 is 0 Å². The minimum Gasteiger partial charge on any atom is -0.370 e.